The fourth-order valence-electron chi connectivity index (χ4n) is 1.55. The number of rotatable bonds is 5. The average molecular weight is 195 g/mol. The van der Waals surface area contributed by atoms with Crippen LogP contribution in [0.4, 0.5) is 0 Å². The highest BCUT2D eigenvalue weighted by Gasteiger charge is 2.08. The first-order valence-corrected chi connectivity index (χ1v) is 5.37. The molecule has 1 unspecified atom stereocenters. The van der Waals surface area contributed by atoms with Gasteiger partial charge in [0, 0.05) is 18.3 Å². The van der Waals surface area contributed by atoms with E-state index in [0.29, 0.717) is 6.04 Å². The molecule has 1 aromatic heterocycles. The minimum atomic E-state index is 0.489. The Morgan fingerprint density at radius 3 is 2.71 bits per heavy atom. The first kappa shape index (κ1) is 11.2. The molecule has 0 radical (unpaired) electrons. The molecule has 0 aromatic carbocycles. The topological polar surface area (TPSA) is 29.9 Å². The van der Waals surface area contributed by atoms with Crippen molar-refractivity contribution in [2.24, 2.45) is 0 Å². The van der Waals surface area contributed by atoms with Crippen molar-refractivity contribution >= 4 is 0 Å². The summed E-state index contributed by atoms with van der Waals surface area (Å²) in [6.45, 7) is 10.7. The Labute approximate surface area is 86.5 Å². The van der Waals surface area contributed by atoms with E-state index in [1.165, 1.54) is 12.1 Å². The number of aryl methyl sites for hydroxylation is 1. The Balaban J connectivity index is 2.52. The monoisotopic (exact) mass is 195 g/mol. The summed E-state index contributed by atoms with van der Waals surface area (Å²) in [5.41, 5.74) is 2.41. The Morgan fingerprint density at radius 1 is 1.50 bits per heavy atom. The van der Waals surface area contributed by atoms with Crippen molar-refractivity contribution in [3.8, 4) is 0 Å². The van der Waals surface area contributed by atoms with Crippen LogP contribution in [0.15, 0.2) is 6.33 Å². The van der Waals surface area contributed by atoms with Crippen LogP contribution in [-0.2, 0) is 0 Å². The molecule has 1 atom stereocenters. The van der Waals surface area contributed by atoms with Crippen LogP contribution in [0.2, 0.25) is 0 Å². The van der Waals surface area contributed by atoms with Crippen LogP contribution >= 0.6 is 0 Å². The summed E-state index contributed by atoms with van der Waals surface area (Å²) < 4.78 is 2.23. The molecular weight excluding hydrogens is 174 g/mol. The lowest BCUT2D eigenvalue weighted by Gasteiger charge is -2.15. The van der Waals surface area contributed by atoms with E-state index in [2.05, 4.69) is 42.6 Å². The van der Waals surface area contributed by atoms with Gasteiger partial charge in [-0.2, -0.15) is 0 Å². The van der Waals surface area contributed by atoms with Gasteiger partial charge in [-0.1, -0.05) is 6.92 Å². The minimum absolute atomic E-state index is 0.489. The zero-order valence-electron chi connectivity index (χ0n) is 9.67. The summed E-state index contributed by atoms with van der Waals surface area (Å²) in [6.07, 6.45) is 3.12. The Bertz CT molecular complexity index is 278. The van der Waals surface area contributed by atoms with E-state index in [4.69, 9.17) is 0 Å². The molecule has 1 rings (SSSR count). The van der Waals surface area contributed by atoms with Crippen LogP contribution in [0.25, 0.3) is 0 Å². The molecule has 14 heavy (non-hydrogen) atoms. The van der Waals surface area contributed by atoms with E-state index in [0.717, 1.165) is 18.8 Å². The van der Waals surface area contributed by atoms with Crippen LogP contribution in [0.5, 0.6) is 0 Å². The molecule has 80 valence electrons. The first-order valence-electron chi connectivity index (χ1n) is 5.37. The fraction of sp³-hybridized carbons (Fsp3) is 0.727. The second-order valence-corrected chi connectivity index (χ2v) is 3.88. The van der Waals surface area contributed by atoms with Crippen molar-refractivity contribution in [3.63, 3.8) is 0 Å². The van der Waals surface area contributed by atoms with Gasteiger partial charge in [-0.15, -0.1) is 0 Å². The summed E-state index contributed by atoms with van der Waals surface area (Å²) in [4.78, 5) is 4.30. The number of aromatic nitrogens is 2. The SMILES string of the molecule is CCCNCC(C)n1cnc(C)c1C. The highest BCUT2D eigenvalue weighted by atomic mass is 15.1. The summed E-state index contributed by atoms with van der Waals surface area (Å²) in [5, 5.41) is 3.42. The van der Waals surface area contributed by atoms with Gasteiger partial charge in [0.25, 0.3) is 0 Å². The van der Waals surface area contributed by atoms with E-state index in [9.17, 15) is 0 Å². The second kappa shape index (κ2) is 5.15. The second-order valence-electron chi connectivity index (χ2n) is 3.88. The van der Waals surface area contributed by atoms with Crippen LogP contribution in [0.3, 0.4) is 0 Å². The average Bonchev–Trinajstić information content (AvgIpc) is 2.48. The third-order valence-electron chi connectivity index (χ3n) is 2.63. The normalized spacial score (nSPS) is 13.1. The van der Waals surface area contributed by atoms with E-state index < -0.39 is 0 Å². The molecule has 0 saturated heterocycles. The van der Waals surface area contributed by atoms with Crippen LogP contribution in [0, 0.1) is 13.8 Å². The lowest BCUT2D eigenvalue weighted by atomic mass is 10.3. The fourth-order valence-corrected chi connectivity index (χ4v) is 1.55. The minimum Gasteiger partial charge on any atom is -0.331 e. The van der Waals surface area contributed by atoms with Crippen LogP contribution in [-0.4, -0.2) is 22.6 Å². The maximum Gasteiger partial charge on any atom is 0.0954 e. The number of nitrogens with one attached hydrogen (secondary N) is 1. The molecule has 0 aliphatic rings. The molecule has 0 amide bonds. The molecule has 0 fully saturated rings. The molecule has 0 bridgehead atoms. The van der Waals surface area contributed by atoms with Gasteiger partial charge in [0.1, 0.15) is 0 Å². The highest BCUT2D eigenvalue weighted by molar-refractivity contribution is 5.09. The van der Waals surface area contributed by atoms with Gasteiger partial charge in [-0.25, -0.2) is 4.98 Å². The lowest BCUT2D eigenvalue weighted by Crippen LogP contribution is -2.24. The number of hydrogen-bond acceptors (Lipinski definition) is 2. The molecule has 1 N–H and O–H groups in total. The highest BCUT2D eigenvalue weighted by Crippen LogP contribution is 2.11. The van der Waals surface area contributed by atoms with Gasteiger partial charge in [0.2, 0.25) is 0 Å². The lowest BCUT2D eigenvalue weighted by molar-refractivity contribution is 0.485. The number of hydrogen-bond donors (Lipinski definition) is 1. The zero-order valence-corrected chi connectivity index (χ0v) is 9.67. The Morgan fingerprint density at radius 2 is 2.21 bits per heavy atom. The van der Waals surface area contributed by atoms with Gasteiger partial charge in [0.15, 0.2) is 0 Å². The molecule has 0 saturated carbocycles. The van der Waals surface area contributed by atoms with E-state index >= 15 is 0 Å². The summed E-state index contributed by atoms with van der Waals surface area (Å²) in [7, 11) is 0. The first-order chi connectivity index (χ1) is 6.66. The van der Waals surface area contributed by atoms with Crippen molar-refractivity contribution in [2.75, 3.05) is 13.1 Å². The van der Waals surface area contributed by atoms with Crippen molar-refractivity contribution in [1.29, 1.82) is 0 Å². The molecule has 3 heteroatoms. The summed E-state index contributed by atoms with van der Waals surface area (Å²) in [6, 6.07) is 0.489. The number of nitrogens with zero attached hydrogens (tertiary/aromatic N) is 2. The number of imidazole rings is 1. The van der Waals surface area contributed by atoms with Gasteiger partial charge in [-0.3, -0.25) is 0 Å². The quantitative estimate of drug-likeness (QED) is 0.729. The smallest absolute Gasteiger partial charge is 0.0954 e. The molecule has 0 spiro atoms. The van der Waals surface area contributed by atoms with Gasteiger partial charge in [-0.05, 0) is 33.7 Å². The predicted molar refractivity (Wildman–Crippen MR) is 59.6 cm³/mol. The van der Waals surface area contributed by atoms with Crippen LogP contribution < -0.4 is 5.32 Å². The van der Waals surface area contributed by atoms with Crippen molar-refractivity contribution in [3.05, 3.63) is 17.7 Å². The summed E-state index contributed by atoms with van der Waals surface area (Å²) >= 11 is 0. The van der Waals surface area contributed by atoms with E-state index in [1.54, 1.807) is 0 Å². The predicted octanol–water partition coefficient (Wildman–Crippen LogP) is 2.06. The summed E-state index contributed by atoms with van der Waals surface area (Å²) in [5.74, 6) is 0. The molecule has 0 aliphatic heterocycles. The standard InChI is InChI=1S/C11H21N3/c1-5-6-12-7-9(2)14-8-13-10(3)11(14)4/h8-9,12H,5-7H2,1-4H3. The third kappa shape index (κ3) is 2.58. The van der Waals surface area contributed by atoms with Crippen LogP contribution in [0.1, 0.15) is 37.7 Å². The molecule has 1 heterocycles. The third-order valence-corrected chi connectivity index (χ3v) is 2.63. The maximum absolute atomic E-state index is 4.30. The Kier molecular flexibility index (Phi) is 4.14. The van der Waals surface area contributed by atoms with Gasteiger partial charge >= 0.3 is 0 Å². The van der Waals surface area contributed by atoms with Gasteiger partial charge in [0.05, 0.1) is 12.0 Å². The molecular formula is C11H21N3. The zero-order chi connectivity index (χ0) is 10.6. The van der Waals surface area contributed by atoms with Gasteiger partial charge < -0.3 is 9.88 Å². The molecule has 1 aromatic rings. The van der Waals surface area contributed by atoms with Crippen molar-refractivity contribution in [2.45, 2.75) is 40.2 Å². The molecule has 0 aliphatic carbocycles. The van der Waals surface area contributed by atoms with Crippen molar-refractivity contribution < 1.29 is 0 Å². The van der Waals surface area contributed by atoms with E-state index in [-0.39, 0.29) is 0 Å². The largest absolute Gasteiger partial charge is 0.331 e. The maximum atomic E-state index is 4.30. The van der Waals surface area contributed by atoms with Crippen molar-refractivity contribution in [1.82, 2.24) is 14.9 Å². The van der Waals surface area contributed by atoms with E-state index in [1.807, 2.05) is 6.33 Å². The molecule has 3 nitrogen and oxygen atoms in total. The Hall–Kier alpha value is -0.830.